The summed E-state index contributed by atoms with van der Waals surface area (Å²) < 4.78 is 5.53. The van der Waals surface area contributed by atoms with Crippen molar-refractivity contribution in [2.24, 2.45) is 0 Å². The molecule has 0 aliphatic rings. The molecule has 1 rings (SSSR count). The maximum absolute atomic E-state index is 9.42. The normalized spacial score (nSPS) is 10.6. The second-order valence-electron chi connectivity index (χ2n) is 3.55. The Kier molecular flexibility index (Phi) is 3.77. The molecular formula is C11H17NO2. The summed E-state index contributed by atoms with van der Waals surface area (Å²) in [5, 5.41) is 9.42. The Bertz CT molecular complexity index is 297. The number of hydrogen-bond acceptors (Lipinski definition) is 3. The molecule has 3 nitrogen and oxygen atoms in total. The van der Waals surface area contributed by atoms with Crippen molar-refractivity contribution in [3.8, 4) is 11.5 Å². The van der Waals surface area contributed by atoms with Gasteiger partial charge in [0.1, 0.15) is 18.1 Å². The third kappa shape index (κ3) is 2.92. The van der Waals surface area contributed by atoms with E-state index in [1.54, 1.807) is 12.1 Å². The highest BCUT2D eigenvalue weighted by Gasteiger charge is 2.02. The molecule has 1 aromatic carbocycles. The first-order valence-electron chi connectivity index (χ1n) is 4.67. The minimum absolute atomic E-state index is 0.285. The van der Waals surface area contributed by atoms with Gasteiger partial charge in [-0.25, -0.2) is 0 Å². The molecule has 0 fully saturated rings. The SMILES string of the molecule is Cc1c(O)cccc1OCCN(C)C. The molecule has 0 saturated heterocycles. The summed E-state index contributed by atoms with van der Waals surface area (Å²) in [6.07, 6.45) is 0. The molecular weight excluding hydrogens is 178 g/mol. The lowest BCUT2D eigenvalue weighted by atomic mass is 10.2. The molecule has 0 aliphatic heterocycles. The summed E-state index contributed by atoms with van der Waals surface area (Å²) in [6, 6.07) is 5.31. The zero-order valence-electron chi connectivity index (χ0n) is 8.95. The Labute approximate surface area is 84.9 Å². The van der Waals surface area contributed by atoms with Gasteiger partial charge in [0.15, 0.2) is 0 Å². The van der Waals surface area contributed by atoms with Gasteiger partial charge >= 0.3 is 0 Å². The van der Waals surface area contributed by atoms with Gasteiger partial charge in [0, 0.05) is 12.1 Å². The highest BCUT2D eigenvalue weighted by molar-refractivity contribution is 5.42. The largest absolute Gasteiger partial charge is 0.508 e. The van der Waals surface area contributed by atoms with E-state index in [0.717, 1.165) is 17.9 Å². The minimum Gasteiger partial charge on any atom is -0.508 e. The fraction of sp³-hybridized carbons (Fsp3) is 0.455. The van der Waals surface area contributed by atoms with Gasteiger partial charge in [-0.1, -0.05) is 6.07 Å². The Morgan fingerprint density at radius 1 is 1.36 bits per heavy atom. The first-order chi connectivity index (χ1) is 6.61. The van der Waals surface area contributed by atoms with E-state index in [-0.39, 0.29) is 5.75 Å². The van der Waals surface area contributed by atoms with Gasteiger partial charge in [-0.2, -0.15) is 0 Å². The van der Waals surface area contributed by atoms with Crippen LogP contribution in [0.1, 0.15) is 5.56 Å². The zero-order valence-corrected chi connectivity index (χ0v) is 8.95. The number of phenolic OH excluding ortho intramolecular Hbond substituents is 1. The van der Waals surface area contributed by atoms with Crippen LogP contribution in [0.3, 0.4) is 0 Å². The number of likely N-dealkylation sites (N-methyl/N-ethyl adjacent to an activating group) is 1. The Balaban J connectivity index is 2.54. The summed E-state index contributed by atoms with van der Waals surface area (Å²) >= 11 is 0. The number of aromatic hydroxyl groups is 1. The average Bonchev–Trinajstić information content (AvgIpc) is 2.12. The number of hydrogen-bond donors (Lipinski definition) is 1. The van der Waals surface area contributed by atoms with E-state index in [9.17, 15) is 5.11 Å². The fourth-order valence-corrected chi connectivity index (χ4v) is 1.10. The van der Waals surface area contributed by atoms with Crippen molar-refractivity contribution in [1.82, 2.24) is 4.90 Å². The summed E-state index contributed by atoms with van der Waals surface area (Å²) in [6.45, 7) is 3.35. The smallest absolute Gasteiger partial charge is 0.125 e. The van der Waals surface area contributed by atoms with Gasteiger partial charge in [-0.3, -0.25) is 0 Å². The minimum atomic E-state index is 0.285. The van der Waals surface area contributed by atoms with E-state index in [2.05, 4.69) is 4.90 Å². The van der Waals surface area contributed by atoms with E-state index >= 15 is 0 Å². The third-order valence-electron chi connectivity index (χ3n) is 2.05. The quantitative estimate of drug-likeness (QED) is 0.792. The Hall–Kier alpha value is -1.22. The van der Waals surface area contributed by atoms with Crippen molar-refractivity contribution in [2.45, 2.75) is 6.92 Å². The number of benzene rings is 1. The van der Waals surface area contributed by atoms with Crippen LogP contribution in [0, 0.1) is 6.92 Å². The van der Waals surface area contributed by atoms with Gasteiger partial charge in [0.05, 0.1) is 0 Å². The van der Waals surface area contributed by atoms with Crippen LogP contribution in [0.25, 0.3) is 0 Å². The molecule has 78 valence electrons. The van der Waals surface area contributed by atoms with Crippen LogP contribution in [0.2, 0.25) is 0 Å². The van der Waals surface area contributed by atoms with E-state index in [4.69, 9.17) is 4.74 Å². The fourth-order valence-electron chi connectivity index (χ4n) is 1.10. The molecule has 0 radical (unpaired) electrons. The lowest BCUT2D eigenvalue weighted by Gasteiger charge is -2.12. The highest BCUT2D eigenvalue weighted by atomic mass is 16.5. The molecule has 0 aliphatic carbocycles. The molecule has 0 heterocycles. The van der Waals surface area contributed by atoms with Crippen molar-refractivity contribution in [2.75, 3.05) is 27.2 Å². The number of nitrogens with zero attached hydrogens (tertiary/aromatic N) is 1. The second-order valence-corrected chi connectivity index (χ2v) is 3.55. The van der Waals surface area contributed by atoms with Crippen LogP contribution in [-0.2, 0) is 0 Å². The first-order valence-corrected chi connectivity index (χ1v) is 4.67. The van der Waals surface area contributed by atoms with E-state index in [0.29, 0.717) is 6.61 Å². The lowest BCUT2D eigenvalue weighted by Crippen LogP contribution is -2.19. The van der Waals surface area contributed by atoms with Crippen molar-refractivity contribution < 1.29 is 9.84 Å². The van der Waals surface area contributed by atoms with Crippen LogP contribution in [0.4, 0.5) is 0 Å². The monoisotopic (exact) mass is 195 g/mol. The van der Waals surface area contributed by atoms with E-state index < -0.39 is 0 Å². The van der Waals surface area contributed by atoms with Crippen molar-refractivity contribution >= 4 is 0 Å². The van der Waals surface area contributed by atoms with Crippen LogP contribution in [-0.4, -0.2) is 37.3 Å². The van der Waals surface area contributed by atoms with Crippen LogP contribution < -0.4 is 4.74 Å². The van der Waals surface area contributed by atoms with Gasteiger partial charge in [0.25, 0.3) is 0 Å². The topological polar surface area (TPSA) is 32.7 Å². The molecule has 0 saturated carbocycles. The molecule has 0 spiro atoms. The molecule has 0 bridgehead atoms. The number of phenols is 1. The number of rotatable bonds is 4. The molecule has 0 aromatic heterocycles. The maximum Gasteiger partial charge on any atom is 0.125 e. The molecule has 1 N–H and O–H groups in total. The maximum atomic E-state index is 9.42. The van der Waals surface area contributed by atoms with E-state index in [1.807, 2.05) is 27.1 Å². The van der Waals surface area contributed by atoms with Crippen LogP contribution in [0.15, 0.2) is 18.2 Å². The van der Waals surface area contributed by atoms with Gasteiger partial charge in [-0.05, 0) is 33.2 Å². The molecule has 0 atom stereocenters. The second kappa shape index (κ2) is 4.86. The molecule has 3 heteroatoms. The van der Waals surface area contributed by atoms with Gasteiger partial charge < -0.3 is 14.7 Å². The highest BCUT2D eigenvalue weighted by Crippen LogP contribution is 2.25. The first kappa shape index (κ1) is 10.9. The molecule has 14 heavy (non-hydrogen) atoms. The number of ether oxygens (including phenoxy) is 1. The summed E-state index contributed by atoms with van der Waals surface area (Å²) in [5.74, 6) is 1.04. The van der Waals surface area contributed by atoms with Crippen LogP contribution in [0.5, 0.6) is 11.5 Å². The Morgan fingerprint density at radius 2 is 2.07 bits per heavy atom. The summed E-state index contributed by atoms with van der Waals surface area (Å²) in [5.41, 5.74) is 0.797. The molecule has 1 aromatic rings. The zero-order chi connectivity index (χ0) is 10.6. The molecule has 0 amide bonds. The van der Waals surface area contributed by atoms with Crippen molar-refractivity contribution in [3.05, 3.63) is 23.8 Å². The summed E-state index contributed by atoms with van der Waals surface area (Å²) in [7, 11) is 4.00. The lowest BCUT2D eigenvalue weighted by molar-refractivity contribution is 0.259. The standard InChI is InChI=1S/C11H17NO2/c1-9-10(13)5-4-6-11(9)14-8-7-12(2)3/h4-6,13H,7-8H2,1-3H3. The predicted molar refractivity (Wildman–Crippen MR) is 56.9 cm³/mol. The van der Waals surface area contributed by atoms with Crippen molar-refractivity contribution in [1.29, 1.82) is 0 Å². The Morgan fingerprint density at radius 3 is 2.71 bits per heavy atom. The van der Waals surface area contributed by atoms with Gasteiger partial charge in [-0.15, -0.1) is 0 Å². The predicted octanol–water partition coefficient (Wildman–Crippen LogP) is 1.64. The summed E-state index contributed by atoms with van der Waals surface area (Å²) in [4.78, 5) is 2.05. The third-order valence-corrected chi connectivity index (χ3v) is 2.05. The van der Waals surface area contributed by atoms with Gasteiger partial charge in [0.2, 0.25) is 0 Å². The van der Waals surface area contributed by atoms with Crippen LogP contribution >= 0.6 is 0 Å². The van der Waals surface area contributed by atoms with E-state index in [1.165, 1.54) is 0 Å². The van der Waals surface area contributed by atoms with Crippen molar-refractivity contribution in [3.63, 3.8) is 0 Å². The average molecular weight is 195 g/mol. The molecule has 0 unspecified atom stereocenters.